The molecule has 0 aromatic carbocycles. The lowest BCUT2D eigenvalue weighted by molar-refractivity contribution is -0.125. The smallest absolute Gasteiger partial charge is 0.228 e. The number of carbonyl (C=O) groups excluding carboxylic acids is 1. The number of aromatic nitrogens is 2. The van der Waals surface area contributed by atoms with E-state index in [0.29, 0.717) is 30.7 Å². The number of rotatable bonds is 7. The van der Waals surface area contributed by atoms with E-state index in [-0.39, 0.29) is 24.2 Å². The highest BCUT2D eigenvalue weighted by molar-refractivity contribution is 5.85. The third-order valence-electron chi connectivity index (χ3n) is 4.11. The second kappa shape index (κ2) is 9.79. The van der Waals surface area contributed by atoms with Gasteiger partial charge in [0.15, 0.2) is 5.82 Å². The Kier molecular flexibility index (Phi) is 8.42. The molecule has 0 aliphatic heterocycles. The molecule has 0 bridgehead atoms. The fourth-order valence-corrected chi connectivity index (χ4v) is 2.65. The van der Waals surface area contributed by atoms with Crippen LogP contribution < -0.4 is 10.6 Å². The predicted molar refractivity (Wildman–Crippen MR) is 87.1 cm³/mol. The Morgan fingerprint density at radius 3 is 2.77 bits per heavy atom. The molecule has 6 nitrogen and oxygen atoms in total. The van der Waals surface area contributed by atoms with E-state index in [1.54, 1.807) is 0 Å². The minimum Gasteiger partial charge on any atom is -0.355 e. The van der Waals surface area contributed by atoms with Gasteiger partial charge in [-0.3, -0.25) is 4.79 Å². The van der Waals surface area contributed by atoms with Crippen LogP contribution in [0.5, 0.6) is 0 Å². The standard InChI is InChI=1S/C15H26N4O2.ClH/c1-11(16-2)10-13-18-14(21-19-13)8-9-17-15(20)12-6-4-3-5-7-12;/h11-12,16H,3-10H2,1-2H3,(H,17,20);1H. The molecule has 22 heavy (non-hydrogen) atoms. The van der Waals surface area contributed by atoms with Crippen LogP contribution in [0.25, 0.3) is 0 Å². The first-order valence-corrected chi connectivity index (χ1v) is 7.95. The molecule has 126 valence electrons. The molecule has 1 unspecified atom stereocenters. The third kappa shape index (κ3) is 5.93. The van der Waals surface area contributed by atoms with Crippen molar-refractivity contribution in [3.8, 4) is 0 Å². The van der Waals surface area contributed by atoms with Gasteiger partial charge < -0.3 is 15.2 Å². The van der Waals surface area contributed by atoms with Gasteiger partial charge in [-0.2, -0.15) is 4.98 Å². The monoisotopic (exact) mass is 330 g/mol. The van der Waals surface area contributed by atoms with Gasteiger partial charge in [-0.05, 0) is 26.8 Å². The number of halogens is 1. The van der Waals surface area contributed by atoms with Crippen molar-refractivity contribution in [1.82, 2.24) is 20.8 Å². The van der Waals surface area contributed by atoms with Gasteiger partial charge in [-0.15, -0.1) is 12.4 Å². The zero-order chi connectivity index (χ0) is 15.1. The molecule has 2 rings (SSSR count). The fourth-order valence-electron chi connectivity index (χ4n) is 2.65. The number of nitrogens with zero attached hydrogens (tertiary/aromatic N) is 2. The summed E-state index contributed by atoms with van der Waals surface area (Å²) >= 11 is 0. The third-order valence-corrected chi connectivity index (χ3v) is 4.11. The van der Waals surface area contributed by atoms with Crippen molar-refractivity contribution in [2.45, 2.75) is 57.9 Å². The highest BCUT2D eigenvalue weighted by atomic mass is 35.5. The van der Waals surface area contributed by atoms with Crippen LogP contribution in [0.2, 0.25) is 0 Å². The lowest BCUT2D eigenvalue weighted by Crippen LogP contribution is -2.33. The van der Waals surface area contributed by atoms with E-state index in [4.69, 9.17) is 4.52 Å². The van der Waals surface area contributed by atoms with E-state index >= 15 is 0 Å². The SMILES string of the molecule is CNC(C)Cc1noc(CCNC(=O)C2CCCCC2)n1.Cl. The molecule has 1 fully saturated rings. The van der Waals surface area contributed by atoms with Gasteiger partial charge in [0.1, 0.15) is 0 Å². The molecule has 1 heterocycles. The van der Waals surface area contributed by atoms with Crippen molar-refractivity contribution < 1.29 is 9.32 Å². The van der Waals surface area contributed by atoms with E-state index in [0.717, 1.165) is 19.3 Å². The largest absolute Gasteiger partial charge is 0.355 e. The molecule has 1 aliphatic rings. The average Bonchev–Trinajstić information content (AvgIpc) is 2.95. The van der Waals surface area contributed by atoms with E-state index in [1.165, 1.54) is 19.3 Å². The lowest BCUT2D eigenvalue weighted by Gasteiger charge is -2.20. The predicted octanol–water partition coefficient (Wildman–Crippen LogP) is 1.88. The van der Waals surface area contributed by atoms with E-state index in [1.807, 2.05) is 7.05 Å². The summed E-state index contributed by atoms with van der Waals surface area (Å²) in [6.45, 7) is 2.64. The molecule has 0 saturated heterocycles. The number of amides is 1. The van der Waals surface area contributed by atoms with Crippen LogP contribution in [0.3, 0.4) is 0 Å². The molecular formula is C15H27ClN4O2. The van der Waals surface area contributed by atoms with Crippen molar-refractivity contribution in [1.29, 1.82) is 0 Å². The van der Waals surface area contributed by atoms with Gasteiger partial charge in [-0.1, -0.05) is 24.4 Å². The zero-order valence-corrected chi connectivity index (χ0v) is 14.2. The molecule has 7 heteroatoms. The van der Waals surface area contributed by atoms with Crippen molar-refractivity contribution >= 4 is 18.3 Å². The summed E-state index contributed by atoms with van der Waals surface area (Å²) in [5.74, 6) is 1.69. The summed E-state index contributed by atoms with van der Waals surface area (Å²) in [6.07, 6.45) is 7.01. The summed E-state index contributed by atoms with van der Waals surface area (Å²) in [5, 5.41) is 10.1. The Morgan fingerprint density at radius 2 is 2.09 bits per heavy atom. The summed E-state index contributed by atoms with van der Waals surface area (Å²) in [7, 11) is 1.91. The molecular weight excluding hydrogens is 304 g/mol. The van der Waals surface area contributed by atoms with Crippen LogP contribution >= 0.6 is 12.4 Å². The van der Waals surface area contributed by atoms with E-state index < -0.39 is 0 Å². The van der Waals surface area contributed by atoms with Gasteiger partial charge in [0.05, 0.1) is 0 Å². The molecule has 1 atom stereocenters. The molecule has 2 N–H and O–H groups in total. The maximum Gasteiger partial charge on any atom is 0.228 e. The summed E-state index contributed by atoms with van der Waals surface area (Å²) in [6, 6.07) is 0.321. The Bertz CT molecular complexity index is 447. The second-order valence-electron chi connectivity index (χ2n) is 5.87. The van der Waals surface area contributed by atoms with Gasteiger partial charge in [-0.25, -0.2) is 0 Å². The molecule has 1 aromatic rings. The van der Waals surface area contributed by atoms with Crippen molar-refractivity contribution in [2.24, 2.45) is 5.92 Å². The molecule has 1 aromatic heterocycles. The number of nitrogens with one attached hydrogen (secondary N) is 2. The zero-order valence-electron chi connectivity index (χ0n) is 13.4. The minimum atomic E-state index is 0. The number of hydrogen-bond donors (Lipinski definition) is 2. The Balaban J connectivity index is 0.00000242. The summed E-state index contributed by atoms with van der Waals surface area (Å²) in [5.41, 5.74) is 0. The Labute approximate surface area is 138 Å². The molecule has 1 aliphatic carbocycles. The van der Waals surface area contributed by atoms with E-state index in [9.17, 15) is 4.79 Å². The maximum absolute atomic E-state index is 12.0. The highest BCUT2D eigenvalue weighted by Gasteiger charge is 2.20. The van der Waals surface area contributed by atoms with Crippen LogP contribution in [0, 0.1) is 5.92 Å². The quantitative estimate of drug-likeness (QED) is 0.798. The van der Waals surface area contributed by atoms with Gasteiger partial charge in [0.25, 0.3) is 0 Å². The lowest BCUT2D eigenvalue weighted by atomic mass is 9.89. The van der Waals surface area contributed by atoms with Crippen molar-refractivity contribution in [2.75, 3.05) is 13.6 Å². The Morgan fingerprint density at radius 1 is 1.36 bits per heavy atom. The molecule has 0 radical (unpaired) electrons. The number of carbonyl (C=O) groups is 1. The first-order chi connectivity index (χ1) is 10.2. The summed E-state index contributed by atoms with van der Waals surface area (Å²) in [4.78, 5) is 16.3. The van der Waals surface area contributed by atoms with Crippen LogP contribution in [-0.2, 0) is 17.6 Å². The first kappa shape index (κ1) is 18.9. The highest BCUT2D eigenvalue weighted by Crippen LogP contribution is 2.23. The molecule has 1 amide bonds. The maximum atomic E-state index is 12.0. The van der Waals surface area contributed by atoms with Crippen molar-refractivity contribution in [3.05, 3.63) is 11.7 Å². The number of likely N-dealkylation sites (N-methyl/N-ethyl adjacent to an activating group) is 1. The van der Waals surface area contributed by atoms with E-state index in [2.05, 4.69) is 27.7 Å². The van der Waals surface area contributed by atoms with Crippen molar-refractivity contribution in [3.63, 3.8) is 0 Å². The topological polar surface area (TPSA) is 80.0 Å². The Hall–Kier alpha value is -1.14. The van der Waals surface area contributed by atoms with Crippen LogP contribution in [0.15, 0.2) is 4.52 Å². The minimum absolute atomic E-state index is 0. The van der Waals surface area contributed by atoms with Crippen LogP contribution in [0.1, 0.15) is 50.7 Å². The summed E-state index contributed by atoms with van der Waals surface area (Å²) < 4.78 is 5.20. The van der Waals surface area contributed by atoms with Gasteiger partial charge >= 0.3 is 0 Å². The van der Waals surface area contributed by atoms with Gasteiger partial charge in [0, 0.05) is 31.3 Å². The van der Waals surface area contributed by atoms with Gasteiger partial charge in [0.2, 0.25) is 11.8 Å². The molecule has 1 saturated carbocycles. The first-order valence-electron chi connectivity index (χ1n) is 7.95. The normalized spacial score (nSPS) is 16.8. The fraction of sp³-hybridized carbons (Fsp3) is 0.800. The van der Waals surface area contributed by atoms with Crippen LogP contribution in [-0.4, -0.2) is 35.7 Å². The average molecular weight is 331 g/mol. The van der Waals surface area contributed by atoms with Crippen LogP contribution in [0.4, 0.5) is 0 Å². The second-order valence-corrected chi connectivity index (χ2v) is 5.87. The molecule has 0 spiro atoms. The number of hydrogen-bond acceptors (Lipinski definition) is 5.